The van der Waals surface area contributed by atoms with Gasteiger partial charge in [0.05, 0.1) is 84.9 Å². The third kappa shape index (κ3) is 14.5. The van der Waals surface area contributed by atoms with Gasteiger partial charge in [-0.05, 0) is 99.8 Å². The van der Waals surface area contributed by atoms with Crippen molar-refractivity contribution in [1.82, 2.24) is 44.3 Å². The second-order valence-electron chi connectivity index (χ2n) is 21.7. The lowest BCUT2D eigenvalue weighted by molar-refractivity contribution is 0.0532. The van der Waals surface area contributed by atoms with Gasteiger partial charge < -0.3 is 39.3 Å². The molecule has 0 bridgehead atoms. The van der Waals surface area contributed by atoms with Crippen LogP contribution in [0.4, 0.5) is 28.8 Å². The molecule has 444 valence electrons. The third-order valence-corrected chi connectivity index (χ3v) is 17.1. The molecule has 3 N–H and O–H groups in total. The number of fused-ring (bicyclic) bond motifs is 2. The molecule has 2 aromatic carbocycles. The first-order valence-electron chi connectivity index (χ1n) is 27.5. The van der Waals surface area contributed by atoms with E-state index in [1.54, 1.807) is 32.5 Å². The van der Waals surface area contributed by atoms with Gasteiger partial charge in [0.1, 0.15) is 22.6 Å². The molecule has 0 aliphatic carbocycles. The summed E-state index contributed by atoms with van der Waals surface area (Å²) < 4.78 is 67.6. The lowest BCUT2D eigenvalue weighted by atomic mass is 9.91. The summed E-state index contributed by atoms with van der Waals surface area (Å²) in [5.41, 5.74) is 3.60. The van der Waals surface area contributed by atoms with Crippen molar-refractivity contribution in [2.24, 2.45) is 11.8 Å². The summed E-state index contributed by atoms with van der Waals surface area (Å²) in [6.45, 7) is 15.2. The summed E-state index contributed by atoms with van der Waals surface area (Å²) in [7, 11) is -7.20. The second-order valence-corrected chi connectivity index (χ2v) is 26.4. The molecule has 12 rings (SSSR count). The number of aromatic nitrogens is 6. The maximum Gasteiger partial charge on any atom is 0.256 e. The summed E-state index contributed by atoms with van der Waals surface area (Å²) in [5, 5.41) is 14.1. The van der Waals surface area contributed by atoms with Crippen LogP contribution in [-0.2, 0) is 29.5 Å². The average Bonchev–Trinajstić information content (AvgIpc) is 4.25. The number of nitrogens with zero attached hydrogens (tertiary/aromatic N) is 11. The Labute approximate surface area is 499 Å². The Morgan fingerprint density at radius 1 is 0.585 bits per heavy atom. The Morgan fingerprint density at radius 2 is 1.01 bits per heavy atom. The zero-order chi connectivity index (χ0) is 57.2. The largest absolute Gasteiger partial charge is 0.378 e. The number of hydrogen-bond acceptors (Lipinski definition) is 16. The lowest BCUT2D eigenvalue weighted by Crippen LogP contribution is -2.42. The van der Waals surface area contributed by atoms with E-state index in [9.17, 15) is 26.4 Å². The smallest absolute Gasteiger partial charge is 0.256 e. The molecule has 6 aliphatic rings. The number of amides is 2. The Hall–Kier alpha value is -5.44. The van der Waals surface area contributed by atoms with Crippen LogP contribution in [0.2, 0.25) is 15.2 Å². The van der Waals surface area contributed by atoms with Gasteiger partial charge in [0, 0.05) is 86.7 Å². The number of nitrogens with one attached hydrogen (secondary N) is 3. The molecule has 0 saturated carbocycles. The highest BCUT2D eigenvalue weighted by atomic mass is 35.5. The summed E-state index contributed by atoms with van der Waals surface area (Å²) in [5.74, 6) is 2.67. The van der Waals surface area contributed by atoms with Crippen LogP contribution in [-0.4, -0.2) is 172 Å². The molecule has 10 heterocycles. The van der Waals surface area contributed by atoms with Gasteiger partial charge in [-0.3, -0.25) is 19.0 Å². The van der Waals surface area contributed by atoms with Crippen LogP contribution in [0.1, 0.15) is 96.6 Å². The zero-order valence-electron chi connectivity index (χ0n) is 46.3. The molecule has 6 fully saturated rings. The number of hydrogen-bond donors (Lipinski definition) is 3. The predicted molar refractivity (Wildman–Crippen MR) is 323 cm³/mol. The Bertz CT molecular complexity index is 3500. The molecular formula is C54H70Cl4N14O8S2. The van der Waals surface area contributed by atoms with Gasteiger partial charge in [0.2, 0.25) is 20.0 Å². The number of morpholine rings is 2. The molecule has 22 nitrogen and oxygen atoms in total. The number of anilines is 5. The molecular weight excluding hydrogens is 1180 g/mol. The topological polar surface area (TPSA) is 234 Å². The number of piperidine rings is 2. The summed E-state index contributed by atoms with van der Waals surface area (Å²) in [6.07, 6.45) is 7.94. The highest BCUT2D eigenvalue weighted by Crippen LogP contribution is 2.39. The zero-order valence-corrected chi connectivity index (χ0v) is 51.0. The van der Waals surface area contributed by atoms with E-state index in [0.717, 1.165) is 93.2 Å². The molecule has 82 heavy (non-hydrogen) atoms. The Morgan fingerprint density at radius 3 is 1.41 bits per heavy atom. The first-order chi connectivity index (χ1) is 38.7. The molecule has 0 radical (unpaired) electrons. The Balaban J connectivity index is 0.000000183. The number of likely N-dealkylation sites (tertiary alicyclic amines) is 2. The minimum Gasteiger partial charge on any atom is -0.378 e. The van der Waals surface area contributed by atoms with Crippen molar-refractivity contribution in [2.75, 3.05) is 129 Å². The molecule has 0 unspecified atom stereocenters. The maximum absolute atomic E-state index is 14.1. The molecule has 2 amide bonds. The van der Waals surface area contributed by atoms with Crippen molar-refractivity contribution in [3.8, 4) is 0 Å². The number of carbonyl (C=O) groups is 2. The number of rotatable bonds is 11. The standard InChI is InChI=1S/C27H34ClN7O4S.C24H28Cl2N6O4S.C3H7N.ClH/c1-18-4-7-23(34(17-18)27(36)20-14-19(28)5-6-21(20)31-40(2,37)38)22-15-25-29-24(32-8-3-9-32)16-26(35(25)30-22)33-10-12-39-13-11-33;1-15-3-6-20(31(14-15)24(33)17-11-16(25)4-5-18(17)29-37(2,34)35)19-12-22-27-21(26)13-23(32(22)28-19)30-7-9-36-10-8-30;1-2-4-3-1;/h5-6,14-16,18,23,31H,3-4,7-13,17H2,1-2H3;4-5,11-13,15,20,29H,3,6-10,14H2,1-2H3;4H,1-3H2;1H/t18-,23-;15-,20-;;/m00../s1. The monoisotopic (exact) mass is 1250 g/mol. The highest BCUT2D eigenvalue weighted by Gasteiger charge is 2.37. The van der Waals surface area contributed by atoms with Crippen LogP contribution in [0.25, 0.3) is 11.3 Å². The van der Waals surface area contributed by atoms with Crippen LogP contribution in [0.15, 0.2) is 60.7 Å². The van der Waals surface area contributed by atoms with E-state index in [-0.39, 0.29) is 70.6 Å². The summed E-state index contributed by atoms with van der Waals surface area (Å²) in [4.78, 5) is 47.6. The molecule has 0 spiro atoms. The van der Waals surface area contributed by atoms with Crippen molar-refractivity contribution >= 4 is 119 Å². The molecule has 6 saturated heterocycles. The minimum atomic E-state index is -3.60. The molecule has 4 atom stereocenters. The predicted octanol–water partition coefficient (Wildman–Crippen LogP) is 7.67. The van der Waals surface area contributed by atoms with Crippen LogP contribution in [0.5, 0.6) is 0 Å². The van der Waals surface area contributed by atoms with Gasteiger partial charge in [0.25, 0.3) is 11.8 Å². The number of ether oxygens (including phenoxy) is 2. The fraction of sp³-hybridized carbons (Fsp3) is 0.519. The first-order valence-corrected chi connectivity index (χ1v) is 32.4. The van der Waals surface area contributed by atoms with E-state index in [4.69, 9.17) is 59.5 Å². The number of carbonyl (C=O) groups excluding carboxylic acids is 2. The average molecular weight is 1250 g/mol. The number of sulfonamides is 2. The van der Waals surface area contributed by atoms with E-state index in [1.165, 1.54) is 43.8 Å². The quantitative estimate of drug-likeness (QED) is 0.106. The molecule has 6 aliphatic heterocycles. The third-order valence-electron chi connectivity index (χ3n) is 15.2. The van der Waals surface area contributed by atoms with Gasteiger partial charge >= 0.3 is 0 Å². The van der Waals surface area contributed by atoms with Gasteiger partial charge in [-0.2, -0.15) is 19.2 Å². The van der Waals surface area contributed by atoms with Gasteiger partial charge in [0.15, 0.2) is 11.3 Å². The van der Waals surface area contributed by atoms with E-state index in [2.05, 4.69) is 54.4 Å². The minimum absolute atomic E-state index is 0. The van der Waals surface area contributed by atoms with Crippen LogP contribution < -0.4 is 29.5 Å². The second kappa shape index (κ2) is 26.2. The maximum atomic E-state index is 14.1. The van der Waals surface area contributed by atoms with Crippen molar-refractivity contribution in [3.05, 3.63) is 98.4 Å². The van der Waals surface area contributed by atoms with Crippen LogP contribution in [0, 0.1) is 11.8 Å². The lowest BCUT2D eigenvalue weighted by Gasteiger charge is -2.38. The van der Waals surface area contributed by atoms with Gasteiger partial charge in [-0.25, -0.2) is 26.8 Å². The van der Waals surface area contributed by atoms with Crippen LogP contribution in [0.3, 0.4) is 0 Å². The summed E-state index contributed by atoms with van der Waals surface area (Å²) >= 11 is 18.8. The Kier molecular flexibility index (Phi) is 19.6. The first kappa shape index (κ1) is 61.1. The van der Waals surface area contributed by atoms with Crippen molar-refractivity contribution < 1.29 is 35.9 Å². The van der Waals surface area contributed by atoms with E-state index in [1.807, 2.05) is 16.6 Å². The molecule has 4 aromatic heterocycles. The van der Waals surface area contributed by atoms with Crippen LogP contribution >= 0.6 is 47.2 Å². The van der Waals surface area contributed by atoms with Gasteiger partial charge in [-0.1, -0.05) is 48.7 Å². The van der Waals surface area contributed by atoms with Gasteiger partial charge in [-0.15, -0.1) is 12.4 Å². The number of benzene rings is 2. The SMILES string of the molecule is C1CNC1.C[C@H]1CC[C@@H](c2cc3nc(Cl)cc(N4CCOCC4)n3n2)N(C(=O)c2cc(Cl)ccc2NS(C)(=O)=O)C1.C[C@H]1CC[C@@H](c2cc3nc(N4CCC4)cc(N4CCOCC4)n3n2)N(C(=O)c2cc(Cl)ccc2NS(C)(=O)=O)C1.Cl. The number of halogens is 4. The van der Waals surface area contributed by atoms with E-state index in [0.29, 0.717) is 85.6 Å². The van der Waals surface area contributed by atoms with Crippen molar-refractivity contribution in [1.29, 1.82) is 0 Å². The summed E-state index contributed by atoms with van der Waals surface area (Å²) in [6, 6.07) is 16.3. The fourth-order valence-electron chi connectivity index (χ4n) is 10.8. The van der Waals surface area contributed by atoms with Crippen molar-refractivity contribution in [2.45, 2.75) is 64.5 Å². The normalized spacial score (nSPS) is 21.3. The molecule has 28 heteroatoms. The fourth-order valence-corrected chi connectivity index (χ4v) is 12.5. The van der Waals surface area contributed by atoms with Crippen molar-refractivity contribution in [3.63, 3.8) is 0 Å². The molecule has 6 aromatic rings. The highest BCUT2D eigenvalue weighted by molar-refractivity contribution is 7.92. The van der Waals surface area contributed by atoms with E-state index < -0.39 is 20.0 Å². The van der Waals surface area contributed by atoms with E-state index >= 15 is 0 Å².